The highest BCUT2D eigenvalue weighted by atomic mass is 79.9. The molecule has 0 amide bonds. The molecule has 2 N–H and O–H groups in total. The van der Waals surface area contributed by atoms with Crippen molar-refractivity contribution < 1.29 is 23.1 Å². The van der Waals surface area contributed by atoms with Crippen LogP contribution in [0.4, 0.5) is 0 Å². The molecule has 0 aromatic heterocycles. The molecule has 1 atom stereocenters. The lowest BCUT2D eigenvalue weighted by Gasteiger charge is -2.14. The minimum Gasteiger partial charge on any atom is -0.497 e. The first-order valence-electron chi connectivity index (χ1n) is 5.90. The fourth-order valence-electron chi connectivity index (χ4n) is 1.59. The van der Waals surface area contributed by atoms with Crippen molar-refractivity contribution in [2.24, 2.45) is 0 Å². The van der Waals surface area contributed by atoms with Crippen LogP contribution in [0.15, 0.2) is 27.6 Å². The maximum absolute atomic E-state index is 12.2. The molecule has 20 heavy (non-hydrogen) atoms. The van der Waals surface area contributed by atoms with E-state index in [1.54, 1.807) is 13.0 Å². The molecule has 8 heteroatoms. The molecule has 0 spiro atoms. The molecule has 0 bridgehead atoms. The van der Waals surface area contributed by atoms with E-state index in [-0.39, 0.29) is 11.3 Å². The Labute approximate surface area is 126 Å². The predicted octanol–water partition coefficient (Wildman–Crippen LogP) is 1.99. The second-order valence-corrected chi connectivity index (χ2v) is 6.76. The maximum Gasteiger partial charge on any atom is 0.321 e. The van der Waals surface area contributed by atoms with Crippen LogP contribution in [-0.4, -0.2) is 32.6 Å². The number of carboxylic acid groups (broad SMARTS) is 1. The lowest BCUT2D eigenvalue weighted by molar-refractivity contribution is -0.139. The van der Waals surface area contributed by atoms with Crippen LogP contribution in [0.2, 0.25) is 0 Å². The quantitative estimate of drug-likeness (QED) is 0.770. The fourth-order valence-corrected chi connectivity index (χ4v) is 3.49. The highest BCUT2D eigenvalue weighted by molar-refractivity contribution is 9.10. The van der Waals surface area contributed by atoms with Gasteiger partial charge in [-0.25, -0.2) is 8.42 Å². The van der Waals surface area contributed by atoms with Crippen molar-refractivity contribution in [1.82, 2.24) is 4.72 Å². The van der Waals surface area contributed by atoms with E-state index in [4.69, 9.17) is 9.84 Å². The van der Waals surface area contributed by atoms with E-state index in [9.17, 15) is 13.2 Å². The Morgan fingerprint density at radius 1 is 1.45 bits per heavy atom. The van der Waals surface area contributed by atoms with E-state index in [2.05, 4.69) is 20.7 Å². The number of rotatable bonds is 7. The molecule has 1 aromatic carbocycles. The first-order valence-corrected chi connectivity index (χ1v) is 8.17. The van der Waals surface area contributed by atoms with E-state index in [1.165, 1.54) is 19.2 Å². The second-order valence-electron chi connectivity index (χ2n) is 4.13. The summed E-state index contributed by atoms with van der Waals surface area (Å²) in [6.45, 7) is 1.78. The SMILES string of the molecule is CCCC(NS(=O)(=O)c1cc(Br)cc(OC)c1)C(=O)O. The van der Waals surface area contributed by atoms with Gasteiger partial charge in [0.2, 0.25) is 10.0 Å². The number of methoxy groups -OCH3 is 1. The van der Waals surface area contributed by atoms with Crippen LogP contribution in [0.1, 0.15) is 19.8 Å². The van der Waals surface area contributed by atoms with Gasteiger partial charge in [0.15, 0.2) is 0 Å². The summed E-state index contributed by atoms with van der Waals surface area (Å²) in [5, 5.41) is 9.01. The lowest BCUT2D eigenvalue weighted by Crippen LogP contribution is -2.40. The van der Waals surface area contributed by atoms with Crippen LogP contribution < -0.4 is 9.46 Å². The molecule has 0 heterocycles. The van der Waals surface area contributed by atoms with Crippen LogP contribution in [0.3, 0.4) is 0 Å². The van der Waals surface area contributed by atoms with Crippen LogP contribution in [0, 0.1) is 0 Å². The number of sulfonamides is 1. The molecular formula is C12H16BrNO5S. The Balaban J connectivity index is 3.09. The van der Waals surface area contributed by atoms with Gasteiger partial charge in [-0.1, -0.05) is 29.3 Å². The molecule has 1 rings (SSSR count). The van der Waals surface area contributed by atoms with E-state index in [0.717, 1.165) is 0 Å². The van der Waals surface area contributed by atoms with Gasteiger partial charge in [-0.2, -0.15) is 4.72 Å². The zero-order valence-corrected chi connectivity index (χ0v) is 13.5. The average molecular weight is 366 g/mol. The summed E-state index contributed by atoms with van der Waals surface area (Å²) < 4.78 is 32.1. The van der Waals surface area contributed by atoms with Crippen LogP contribution in [0.5, 0.6) is 5.75 Å². The average Bonchev–Trinajstić information content (AvgIpc) is 2.37. The Kier molecular flexibility index (Phi) is 5.97. The standard InChI is InChI=1S/C12H16BrNO5S/c1-3-4-11(12(15)16)14-20(17,18)10-6-8(13)5-9(7-10)19-2/h5-7,11,14H,3-4H2,1-2H3,(H,15,16). The topological polar surface area (TPSA) is 92.7 Å². The van der Waals surface area contributed by atoms with Gasteiger partial charge in [-0.15, -0.1) is 0 Å². The number of carbonyl (C=O) groups is 1. The van der Waals surface area contributed by atoms with E-state index < -0.39 is 22.0 Å². The smallest absolute Gasteiger partial charge is 0.321 e. The number of nitrogens with one attached hydrogen (secondary N) is 1. The zero-order valence-electron chi connectivity index (χ0n) is 11.1. The number of halogens is 1. The van der Waals surface area contributed by atoms with E-state index in [0.29, 0.717) is 16.6 Å². The van der Waals surface area contributed by atoms with Gasteiger partial charge in [-0.3, -0.25) is 4.79 Å². The number of ether oxygens (including phenoxy) is 1. The van der Waals surface area contributed by atoms with Crippen molar-refractivity contribution in [3.63, 3.8) is 0 Å². The fraction of sp³-hybridized carbons (Fsp3) is 0.417. The third-order valence-corrected chi connectivity index (χ3v) is 4.47. The van der Waals surface area contributed by atoms with Gasteiger partial charge in [0, 0.05) is 10.5 Å². The van der Waals surface area contributed by atoms with Crippen molar-refractivity contribution in [2.45, 2.75) is 30.7 Å². The van der Waals surface area contributed by atoms with Crippen molar-refractivity contribution >= 4 is 31.9 Å². The van der Waals surface area contributed by atoms with Crippen LogP contribution in [0.25, 0.3) is 0 Å². The molecular weight excluding hydrogens is 350 g/mol. The molecule has 0 saturated heterocycles. The molecule has 0 saturated carbocycles. The highest BCUT2D eigenvalue weighted by Gasteiger charge is 2.25. The normalized spacial score (nSPS) is 12.9. The first-order chi connectivity index (χ1) is 9.30. The number of benzene rings is 1. The monoisotopic (exact) mass is 365 g/mol. The van der Waals surface area contributed by atoms with Crippen molar-refractivity contribution in [1.29, 1.82) is 0 Å². The van der Waals surface area contributed by atoms with Crippen molar-refractivity contribution in [3.8, 4) is 5.75 Å². The summed E-state index contributed by atoms with van der Waals surface area (Å²) in [5.41, 5.74) is 0. The van der Waals surface area contributed by atoms with Gasteiger partial charge in [0.1, 0.15) is 11.8 Å². The van der Waals surface area contributed by atoms with Gasteiger partial charge in [-0.05, 0) is 18.6 Å². The Hall–Kier alpha value is -1.12. The van der Waals surface area contributed by atoms with E-state index in [1.807, 2.05) is 0 Å². The molecule has 0 aliphatic heterocycles. The number of carboxylic acids is 1. The number of aliphatic carboxylic acids is 1. The van der Waals surface area contributed by atoms with Gasteiger partial charge >= 0.3 is 5.97 Å². The Bertz CT molecular complexity index is 588. The van der Waals surface area contributed by atoms with Crippen molar-refractivity contribution in [3.05, 3.63) is 22.7 Å². The molecule has 112 valence electrons. The molecule has 0 aliphatic carbocycles. The molecule has 1 aromatic rings. The highest BCUT2D eigenvalue weighted by Crippen LogP contribution is 2.24. The number of hydrogen-bond donors (Lipinski definition) is 2. The molecule has 0 aliphatic rings. The van der Waals surface area contributed by atoms with Crippen molar-refractivity contribution in [2.75, 3.05) is 7.11 Å². The minimum absolute atomic E-state index is 0.0499. The minimum atomic E-state index is -3.92. The zero-order chi connectivity index (χ0) is 15.3. The van der Waals surface area contributed by atoms with Crippen LogP contribution in [-0.2, 0) is 14.8 Å². The Morgan fingerprint density at radius 3 is 2.60 bits per heavy atom. The summed E-state index contributed by atoms with van der Waals surface area (Å²) >= 11 is 3.18. The summed E-state index contributed by atoms with van der Waals surface area (Å²) in [6.07, 6.45) is 0.779. The maximum atomic E-state index is 12.2. The summed E-state index contributed by atoms with van der Waals surface area (Å²) in [4.78, 5) is 11.0. The summed E-state index contributed by atoms with van der Waals surface area (Å²) in [5.74, 6) is -0.834. The molecule has 6 nitrogen and oxygen atoms in total. The third kappa shape index (κ3) is 4.46. The van der Waals surface area contributed by atoms with Crippen LogP contribution >= 0.6 is 15.9 Å². The largest absolute Gasteiger partial charge is 0.497 e. The summed E-state index contributed by atoms with van der Waals surface area (Å²) in [6, 6.07) is 3.18. The van der Waals surface area contributed by atoms with E-state index >= 15 is 0 Å². The second kappa shape index (κ2) is 7.05. The first kappa shape index (κ1) is 16.9. The van der Waals surface area contributed by atoms with Gasteiger partial charge < -0.3 is 9.84 Å². The predicted molar refractivity (Wildman–Crippen MR) is 77.3 cm³/mol. The third-order valence-electron chi connectivity index (χ3n) is 2.56. The molecule has 0 radical (unpaired) electrons. The molecule has 1 unspecified atom stereocenters. The Morgan fingerprint density at radius 2 is 2.10 bits per heavy atom. The van der Waals surface area contributed by atoms with Gasteiger partial charge in [0.05, 0.1) is 12.0 Å². The van der Waals surface area contributed by atoms with Gasteiger partial charge in [0.25, 0.3) is 0 Å². The number of hydrogen-bond acceptors (Lipinski definition) is 4. The molecule has 0 fully saturated rings. The lowest BCUT2D eigenvalue weighted by atomic mass is 10.2. The summed E-state index contributed by atoms with van der Waals surface area (Å²) in [7, 11) is -2.50.